The highest BCUT2D eigenvalue weighted by atomic mass is 16.5. The molecule has 0 saturated carbocycles. The Morgan fingerprint density at radius 1 is 1.12 bits per heavy atom. The maximum Gasteiger partial charge on any atom is 0.113 e. The quantitative estimate of drug-likeness (QED) is 0.697. The van der Waals surface area contributed by atoms with E-state index in [-0.39, 0.29) is 0 Å². The molecule has 92 valence electrons. The van der Waals surface area contributed by atoms with Gasteiger partial charge in [0.25, 0.3) is 0 Å². The molecule has 0 aromatic rings. The molecule has 2 aliphatic rings. The summed E-state index contributed by atoms with van der Waals surface area (Å²) in [5.41, 5.74) is 0. The highest BCUT2D eigenvalue weighted by Crippen LogP contribution is 2.05. The summed E-state index contributed by atoms with van der Waals surface area (Å²) in [6, 6.07) is 0. The van der Waals surface area contributed by atoms with Crippen molar-refractivity contribution in [3.8, 4) is 0 Å². The van der Waals surface area contributed by atoms with E-state index in [2.05, 4.69) is 21.8 Å². The van der Waals surface area contributed by atoms with Gasteiger partial charge in [-0.2, -0.15) is 0 Å². The SMILES string of the molecule is CN1CCCCN=C1CN1CCCOCC1. The summed E-state index contributed by atoms with van der Waals surface area (Å²) in [5, 5.41) is 0. The number of nitrogens with zero attached hydrogens (tertiary/aromatic N) is 3. The van der Waals surface area contributed by atoms with Gasteiger partial charge in [0, 0.05) is 39.8 Å². The molecule has 0 aromatic carbocycles. The Bertz CT molecular complexity index is 234. The number of hydrogen-bond donors (Lipinski definition) is 0. The molecule has 0 aliphatic carbocycles. The lowest BCUT2D eigenvalue weighted by Crippen LogP contribution is -2.39. The molecule has 4 heteroatoms. The summed E-state index contributed by atoms with van der Waals surface area (Å²) in [6.45, 7) is 7.14. The third-order valence-electron chi connectivity index (χ3n) is 3.32. The molecule has 0 unspecified atom stereocenters. The molecular formula is C12H23N3O. The molecule has 2 aliphatic heterocycles. The lowest BCUT2D eigenvalue weighted by Gasteiger charge is -2.25. The maximum absolute atomic E-state index is 5.47. The summed E-state index contributed by atoms with van der Waals surface area (Å²) in [4.78, 5) is 9.47. The molecule has 4 nitrogen and oxygen atoms in total. The van der Waals surface area contributed by atoms with E-state index in [9.17, 15) is 0 Å². The largest absolute Gasteiger partial charge is 0.380 e. The first-order valence-electron chi connectivity index (χ1n) is 6.41. The van der Waals surface area contributed by atoms with Crippen LogP contribution < -0.4 is 0 Å². The van der Waals surface area contributed by atoms with E-state index in [1.807, 2.05) is 0 Å². The van der Waals surface area contributed by atoms with Crippen molar-refractivity contribution in [3.05, 3.63) is 0 Å². The summed E-state index contributed by atoms with van der Waals surface area (Å²) in [7, 11) is 2.17. The summed E-state index contributed by atoms with van der Waals surface area (Å²) >= 11 is 0. The molecule has 0 amide bonds. The van der Waals surface area contributed by atoms with Gasteiger partial charge in [0.05, 0.1) is 13.2 Å². The van der Waals surface area contributed by atoms with Gasteiger partial charge in [-0.3, -0.25) is 9.89 Å². The van der Waals surface area contributed by atoms with Gasteiger partial charge in [-0.15, -0.1) is 0 Å². The van der Waals surface area contributed by atoms with Crippen molar-refractivity contribution in [3.63, 3.8) is 0 Å². The molecule has 2 heterocycles. The zero-order valence-corrected chi connectivity index (χ0v) is 10.3. The fourth-order valence-electron chi connectivity index (χ4n) is 2.25. The fraction of sp³-hybridized carbons (Fsp3) is 0.917. The predicted octanol–water partition coefficient (Wildman–Crippen LogP) is 0.833. The average Bonchev–Trinajstić information content (AvgIpc) is 2.64. The third-order valence-corrected chi connectivity index (χ3v) is 3.32. The van der Waals surface area contributed by atoms with Gasteiger partial charge in [0.15, 0.2) is 0 Å². The molecule has 1 fully saturated rings. The zero-order valence-electron chi connectivity index (χ0n) is 10.3. The van der Waals surface area contributed by atoms with Crippen LogP contribution in [0.25, 0.3) is 0 Å². The number of rotatable bonds is 2. The molecular weight excluding hydrogens is 202 g/mol. The van der Waals surface area contributed by atoms with Crippen LogP contribution in [0.5, 0.6) is 0 Å². The topological polar surface area (TPSA) is 28.1 Å². The molecule has 2 rings (SSSR count). The van der Waals surface area contributed by atoms with E-state index >= 15 is 0 Å². The molecule has 0 radical (unpaired) electrons. The van der Waals surface area contributed by atoms with Crippen LogP contribution in [-0.4, -0.2) is 68.6 Å². The van der Waals surface area contributed by atoms with Crippen LogP contribution in [0.4, 0.5) is 0 Å². The van der Waals surface area contributed by atoms with E-state index in [1.165, 1.54) is 18.7 Å². The highest BCUT2D eigenvalue weighted by molar-refractivity contribution is 5.84. The van der Waals surface area contributed by atoms with Crippen molar-refractivity contribution in [1.29, 1.82) is 0 Å². The van der Waals surface area contributed by atoms with Crippen LogP contribution in [0.1, 0.15) is 19.3 Å². The first-order valence-corrected chi connectivity index (χ1v) is 6.41. The van der Waals surface area contributed by atoms with Crippen molar-refractivity contribution < 1.29 is 4.74 Å². The van der Waals surface area contributed by atoms with Gasteiger partial charge in [-0.25, -0.2) is 0 Å². The lowest BCUT2D eigenvalue weighted by molar-refractivity contribution is 0.143. The molecule has 0 bridgehead atoms. The van der Waals surface area contributed by atoms with E-state index in [0.29, 0.717) is 0 Å². The van der Waals surface area contributed by atoms with Crippen molar-refractivity contribution in [1.82, 2.24) is 9.80 Å². The van der Waals surface area contributed by atoms with Crippen LogP contribution in [0.3, 0.4) is 0 Å². The van der Waals surface area contributed by atoms with Gasteiger partial charge in [0.2, 0.25) is 0 Å². The van der Waals surface area contributed by atoms with Crippen LogP contribution in [0.2, 0.25) is 0 Å². The first kappa shape index (κ1) is 11.9. The normalized spacial score (nSPS) is 24.8. The van der Waals surface area contributed by atoms with Gasteiger partial charge < -0.3 is 9.64 Å². The number of ether oxygens (including phenoxy) is 1. The predicted molar refractivity (Wildman–Crippen MR) is 66.0 cm³/mol. The van der Waals surface area contributed by atoms with E-state index in [0.717, 1.165) is 52.4 Å². The molecule has 0 spiro atoms. The second-order valence-corrected chi connectivity index (χ2v) is 4.67. The Hall–Kier alpha value is -0.610. The smallest absolute Gasteiger partial charge is 0.113 e. The van der Waals surface area contributed by atoms with Crippen molar-refractivity contribution >= 4 is 5.84 Å². The highest BCUT2D eigenvalue weighted by Gasteiger charge is 2.15. The number of aliphatic imine (C=N–C) groups is 1. The van der Waals surface area contributed by atoms with Crippen molar-refractivity contribution in [2.75, 3.05) is 53.0 Å². The van der Waals surface area contributed by atoms with E-state index in [1.54, 1.807) is 0 Å². The van der Waals surface area contributed by atoms with Crippen molar-refractivity contribution in [2.45, 2.75) is 19.3 Å². The Morgan fingerprint density at radius 2 is 2.06 bits per heavy atom. The van der Waals surface area contributed by atoms with Crippen LogP contribution in [0.15, 0.2) is 4.99 Å². The van der Waals surface area contributed by atoms with E-state index in [4.69, 9.17) is 4.74 Å². The third kappa shape index (κ3) is 3.46. The summed E-state index contributed by atoms with van der Waals surface area (Å²) in [6.07, 6.45) is 3.65. The molecule has 0 atom stereocenters. The maximum atomic E-state index is 5.47. The average molecular weight is 225 g/mol. The second kappa shape index (κ2) is 6.21. The summed E-state index contributed by atoms with van der Waals surface area (Å²) in [5.74, 6) is 1.26. The zero-order chi connectivity index (χ0) is 11.2. The first-order chi connectivity index (χ1) is 7.86. The van der Waals surface area contributed by atoms with E-state index < -0.39 is 0 Å². The minimum absolute atomic E-state index is 0.872. The molecule has 1 saturated heterocycles. The minimum Gasteiger partial charge on any atom is -0.380 e. The Balaban J connectivity index is 1.88. The lowest BCUT2D eigenvalue weighted by atomic mass is 10.3. The van der Waals surface area contributed by atoms with Gasteiger partial charge in [0.1, 0.15) is 5.84 Å². The van der Waals surface area contributed by atoms with Gasteiger partial charge in [-0.05, 0) is 19.3 Å². The van der Waals surface area contributed by atoms with Crippen LogP contribution in [0, 0.1) is 0 Å². The summed E-state index contributed by atoms with van der Waals surface area (Å²) < 4.78 is 5.47. The van der Waals surface area contributed by atoms with Crippen molar-refractivity contribution in [2.24, 2.45) is 4.99 Å². The molecule has 0 N–H and O–H groups in total. The monoisotopic (exact) mass is 225 g/mol. The number of hydrogen-bond acceptors (Lipinski definition) is 4. The Kier molecular flexibility index (Phi) is 4.60. The second-order valence-electron chi connectivity index (χ2n) is 4.67. The van der Waals surface area contributed by atoms with Gasteiger partial charge in [-0.1, -0.05) is 0 Å². The Labute approximate surface area is 98.3 Å². The fourth-order valence-corrected chi connectivity index (χ4v) is 2.25. The standard InChI is InChI=1S/C12H23N3O/c1-14-6-3-2-5-13-12(14)11-15-7-4-9-16-10-8-15/h2-11H2,1H3. The van der Waals surface area contributed by atoms with Gasteiger partial charge >= 0.3 is 0 Å². The van der Waals surface area contributed by atoms with Crippen LogP contribution in [-0.2, 0) is 4.74 Å². The number of amidine groups is 1. The minimum atomic E-state index is 0.872. The van der Waals surface area contributed by atoms with Crippen LogP contribution >= 0.6 is 0 Å². The molecule has 16 heavy (non-hydrogen) atoms. The Morgan fingerprint density at radius 3 is 3.00 bits per heavy atom. The number of likely N-dealkylation sites (N-methyl/N-ethyl adjacent to an activating group) is 1. The molecule has 0 aromatic heterocycles.